The molecular formula is C19H22FNO2S. The lowest BCUT2D eigenvalue weighted by Crippen LogP contribution is -2.33. The van der Waals surface area contributed by atoms with Crippen LogP contribution in [0.5, 0.6) is 0 Å². The highest BCUT2D eigenvalue weighted by atomic mass is 32.2. The number of thioether (sulfide) groups is 1. The number of nitrogens with one attached hydrogen (secondary N) is 1. The van der Waals surface area contributed by atoms with Crippen LogP contribution in [0.25, 0.3) is 0 Å². The highest BCUT2D eigenvalue weighted by Gasteiger charge is 2.15. The first-order valence-electron chi connectivity index (χ1n) is 7.82. The van der Waals surface area contributed by atoms with Crippen molar-refractivity contribution in [2.75, 3.05) is 6.26 Å². The molecule has 0 heterocycles. The smallest absolute Gasteiger partial charge is 0.251 e. The van der Waals surface area contributed by atoms with Crippen molar-refractivity contribution in [1.82, 2.24) is 5.32 Å². The molecule has 2 aromatic rings. The van der Waals surface area contributed by atoms with E-state index >= 15 is 0 Å². The van der Waals surface area contributed by atoms with E-state index in [0.717, 1.165) is 5.75 Å². The fourth-order valence-corrected chi connectivity index (χ4v) is 2.97. The van der Waals surface area contributed by atoms with E-state index in [1.807, 2.05) is 37.4 Å². The maximum absolute atomic E-state index is 12.9. The second-order valence-electron chi connectivity index (χ2n) is 5.81. The molecule has 0 fully saturated rings. The molecule has 0 radical (unpaired) electrons. The lowest BCUT2D eigenvalue weighted by molar-refractivity contribution is 0.0917. The normalized spacial score (nSPS) is 13.3. The molecule has 0 spiro atoms. The Kier molecular flexibility index (Phi) is 6.82. The molecule has 24 heavy (non-hydrogen) atoms. The van der Waals surface area contributed by atoms with Crippen LogP contribution in [0.1, 0.15) is 40.9 Å². The number of hydrogen-bond acceptors (Lipinski definition) is 3. The van der Waals surface area contributed by atoms with Crippen molar-refractivity contribution in [1.29, 1.82) is 0 Å². The summed E-state index contributed by atoms with van der Waals surface area (Å²) in [4.78, 5) is 12.2. The Balaban J connectivity index is 1.89. The van der Waals surface area contributed by atoms with Gasteiger partial charge in [0.05, 0.1) is 6.10 Å². The van der Waals surface area contributed by atoms with Crippen molar-refractivity contribution in [2.24, 2.45) is 0 Å². The van der Waals surface area contributed by atoms with Gasteiger partial charge < -0.3 is 10.4 Å². The summed E-state index contributed by atoms with van der Waals surface area (Å²) in [5.74, 6) is 0.420. The summed E-state index contributed by atoms with van der Waals surface area (Å²) in [5.41, 5.74) is 2.42. The highest BCUT2D eigenvalue weighted by molar-refractivity contribution is 7.97. The van der Waals surface area contributed by atoms with Crippen molar-refractivity contribution >= 4 is 17.7 Å². The molecular weight excluding hydrogens is 325 g/mol. The number of halogens is 1. The predicted molar refractivity (Wildman–Crippen MR) is 96.6 cm³/mol. The van der Waals surface area contributed by atoms with Crippen LogP contribution in [0.3, 0.4) is 0 Å². The lowest BCUT2D eigenvalue weighted by Gasteiger charge is -2.18. The van der Waals surface area contributed by atoms with Crippen LogP contribution in [-0.4, -0.2) is 23.3 Å². The summed E-state index contributed by atoms with van der Waals surface area (Å²) in [6.45, 7) is 1.84. The Morgan fingerprint density at radius 2 is 1.79 bits per heavy atom. The zero-order chi connectivity index (χ0) is 17.5. The fourth-order valence-electron chi connectivity index (χ4n) is 2.44. The second kappa shape index (κ2) is 8.85. The van der Waals surface area contributed by atoms with E-state index in [1.165, 1.54) is 17.7 Å². The Morgan fingerprint density at radius 1 is 1.17 bits per heavy atom. The molecule has 128 valence electrons. The van der Waals surface area contributed by atoms with Crippen LogP contribution >= 0.6 is 11.8 Å². The van der Waals surface area contributed by atoms with Gasteiger partial charge in [-0.2, -0.15) is 11.8 Å². The average molecular weight is 347 g/mol. The molecule has 5 heteroatoms. The zero-order valence-corrected chi connectivity index (χ0v) is 14.6. The molecule has 2 N–H and O–H groups in total. The van der Waals surface area contributed by atoms with Crippen molar-refractivity contribution < 1.29 is 14.3 Å². The minimum absolute atomic E-state index is 0.162. The Morgan fingerprint density at radius 3 is 2.38 bits per heavy atom. The van der Waals surface area contributed by atoms with E-state index in [-0.39, 0.29) is 17.8 Å². The van der Waals surface area contributed by atoms with Gasteiger partial charge >= 0.3 is 0 Å². The average Bonchev–Trinajstić information content (AvgIpc) is 2.56. The molecule has 0 saturated heterocycles. The molecule has 0 aliphatic heterocycles. The third-order valence-electron chi connectivity index (χ3n) is 3.74. The maximum Gasteiger partial charge on any atom is 0.251 e. The van der Waals surface area contributed by atoms with E-state index < -0.39 is 6.10 Å². The van der Waals surface area contributed by atoms with Gasteiger partial charge in [-0.15, -0.1) is 0 Å². The zero-order valence-electron chi connectivity index (χ0n) is 13.8. The number of rotatable bonds is 7. The van der Waals surface area contributed by atoms with E-state index in [2.05, 4.69) is 5.32 Å². The van der Waals surface area contributed by atoms with Crippen LogP contribution in [0.2, 0.25) is 0 Å². The molecule has 0 aliphatic rings. The van der Waals surface area contributed by atoms with Crippen molar-refractivity contribution in [3.63, 3.8) is 0 Å². The van der Waals surface area contributed by atoms with Gasteiger partial charge in [0.15, 0.2) is 0 Å². The SMILES string of the molecule is CSCc1ccc(C(=O)NC(C)CC(O)c2ccc(F)cc2)cc1. The van der Waals surface area contributed by atoms with Gasteiger partial charge in [-0.05, 0) is 55.0 Å². The molecule has 0 bridgehead atoms. The molecule has 2 unspecified atom stereocenters. The number of aliphatic hydroxyl groups excluding tert-OH is 1. The fraction of sp³-hybridized carbons (Fsp3) is 0.316. The number of hydrogen-bond donors (Lipinski definition) is 2. The Bertz CT molecular complexity index is 658. The molecule has 0 aromatic heterocycles. The van der Waals surface area contributed by atoms with Gasteiger partial charge in [0.2, 0.25) is 0 Å². The van der Waals surface area contributed by atoms with Crippen molar-refractivity contribution in [3.8, 4) is 0 Å². The summed E-state index contributed by atoms with van der Waals surface area (Å²) in [7, 11) is 0. The third kappa shape index (κ3) is 5.35. The van der Waals surface area contributed by atoms with Crippen molar-refractivity contribution in [2.45, 2.75) is 31.2 Å². The third-order valence-corrected chi connectivity index (χ3v) is 4.36. The van der Waals surface area contributed by atoms with E-state index in [4.69, 9.17) is 0 Å². The molecule has 2 atom stereocenters. The summed E-state index contributed by atoms with van der Waals surface area (Å²) >= 11 is 1.73. The quantitative estimate of drug-likeness (QED) is 0.798. The van der Waals surface area contributed by atoms with Crippen LogP contribution in [0.15, 0.2) is 48.5 Å². The summed E-state index contributed by atoms with van der Waals surface area (Å²) in [6, 6.07) is 13.1. The van der Waals surface area contributed by atoms with E-state index in [1.54, 1.807) is 23.9 Å². The van der Waals surface area contributed by atoms with E-state index in [9.17, 15) is 14.3 Å². The Hall–Kier alpha value is -1.85. The van der Waals surface area contributed by atoms with Crippen LogP contribution in [0, 0.1) is 5.82 Å². The standard InChI is InChI=1S/C19H22FNO2S/c1-13(11-18(22)15-7-9-17(20)10-8-15)21-19(23)16-5-3-14(4-6-16)12-24-2/h3-10,13,18,22H,11-12H2,1-2H3,(H,21,23). The second-order valence-corrected chi connectivity index (χ2v) is 6.67. The van der Waals surface area contributed by atoms with Gasteiger partial charge in [-0.3, -0.25) is 4.79 Å². The largest absolute Gasteiger partial charge is 0.388 e. The van der Waals surface area contributed by atoms with Gasteiger partial charge in [0.1, 0.15) is 5.82 Å². The maximum atomic E-state index is 12.9. The van der Waals surface area contributed by atoms with Crippen molar-refractivity contribution in [3.05, 3.63) is 71.0 Å². The number of carbonyl (C=O) groups is 1. The summed E-state index contributed by atoms with van der Waals surface area (Å²) in [6.07, 6.45) is 1.65. The first-order chi connectivity index (χ1) is 11.5. The highest BCUT2D eigenvalue weighted by Crippen LogP contribution is 2.19. The van der Waals surface area contributed by atoms with Crippen LogP contribution < -0.4 is 5.32 Å². The topological polar surface area (TPSA) is 49.3 Å². The van der Waals surface area contributed by atoms with E-state index in [0.29, 0.717) is 17.5 Å². The number of carbonyl (C=O) groups excluding carboxylic acids is 1. The minimum atomic E-state index is -0.746. The first-order valence-corrected chi connectivity index (χ1v) is 9.21. The number of aliphatic hydroxyl groups is 1. The summed E-state index contributed by atoms with van der Waals surface area (Å²) < 4.78 is 12.9. The Labute approximate surface area is 146 Å². The minimum Gasteiger partial charge on any atom is -0.388 e. The van der Waals surface area contributed by atoms with Gasteiger partial charge in [-0.25, -0.2) is 4.39 Å². The number of amides is 1. The summed E-state index contributed by atoms with van der Waals surface area (Å²) in [5, 5.41) is 13.1. The number of benzene rings is 2. The molecule has 0 aliphatic carbocycles. The van der Waals surface area contributed by atoms with Crippen LogP contribution in [-0.2, 0) is 5.75 Å². The monoisotopic (exact) mass is 347 g/mol. The molecule has 2 rings (SSSR count). The van der Waals surface area contributed by atoms with Gasteiger partial charge in [0, 0.05) is 17.4 Å². The molecule has 0 saturated carbocycles. The molecule has 3 nitrogen and oxygen atoms in total. The molecule has 1 amide bonds. The van der Waals surface area contributed by atoms with Gasteiger partial charge in [0.25, 0.3) is 5.91 Å². The van der Waals surface area contributed by atoms with Crippen LogP contribution in [0.4, 0.5) is 4.39 Å². The predicted octanol–water partition coefficient (Wildman–Crippen LogP) is 3.93. The first kappa shape index (κ1) is 18.5. The van der Waals surface area contributed by atoms with Gasteiger partial charge in [-0.1, -0.05) is 24.3 Å². The lowest BCUT2D eigenvalue weighted by atomic mass is 10.0. The molecule has 2 aromatic carbocycles.